The highest BCUT2D eigenvalue weighted by atomic mass is 19.1. The van der Waals surface area contributed by atoms with Crippen LogP contribution in [0, 0.1) is 40.3 Å². The molecule has 54 heavy (non-hydrogen) atoms. The van der Waals surface area contributed by atoms with Crippen molar-refractivity contribution in [2.75, 3.05) is 23.8 Å². The van der Waals surface area contributed by atoms with Crippen LogP contribution in [0.5, 0.6) is 0 Å². The second-order valence-corrected chi connectivity index (χ2v) is 17.6. The minimum Gasteiger partial charge on any atom is -0.385 e. The number of carbonyl (C=O) groups is 1. The summed E-state index contributed by atoms with van der Waals surface area (Å²) in [5.74, 6) is 3.34. The van der Waals surface area contributed by atoms with E-state index in [9.17, 15) is 14.0 Å². The van der Waals surface area contributed by atoms with Gasteiger partial charge < -0.3 is 15.4 Å². The molecule has 4 fully saturated rings. The number of anilines is 2. The molecule has 3 heterocycles. The number of aryl methyl sites for hydroxylation is 1. The number of ether oxygens (including phenoxy) is 1. The average molecular weight is 736 g/mol. The van der Waals surface area contributed by atoms with Crippen molar-refractivity contribution >= 4 is 27.9 Å². The largest absolute Gasteiger partial charge is 0.385 e. The zero-order chi connectivity index (χ0) is 37.2. The van der Waals surface area contributed by atoms with Crippen LogP contribution in [0.2, 0.25) is 0 Å². The van der Waals surface area contributed by atoms with Crippen LogP contribution in [0.3, 0.4) is 0 Å². The Kier molecular flexibility index (Phi) is 9.14. The normalized spacial score (nSPS) is 32.8. The molecule has 4 aliphatic carbocycles. The number of hydrogen-bond acceptors (Lipinski definition) is 8. The number of halogens is 1. The maximum Gasteiger partial charge on any atom is 0.272 e. The lowest BCUT2D eigenvalue weighted by Crippen LogP contribution is -2.54. The lowest BCUT2D eigenvalue weighted by molar-refractivity contribution is -0.145. The van der Waals surface area contributed by atoms with Gasteiger partial charge >= 0.3 is 0 Å². The molecule has 5 aliphatic rings. The monoisotopic (exact) mass is 735 g/mol. The van der Waals surface area contributed by atoms with Gasteiger partial charge in [-0.05, 0) is 129 Å². The Bertz CT molecular complexity index is 2100. The number of unbranched alkanes of at least 4 members (excludes halogenated alkanes) is 2. The van der Waals surface area contributed by atoms with Gasteiger partial charge in [-0.2, -0.15) is 10.2 Å². The number of hydrogen-bond donors (Lipinski definition) is 3. The maximum atomic E-state index is 14.6. The Morgan fingerprint density at radius 1 is 0.981 bits per heavy atom. The minimum atomic E-state index is -0.481. The zero-order valence-corrected chi connectivity index (χ0v) is 31.9. The van der Waals surface area contributed by atoms with Gasteiger partial charge in [0.25, 0.3) is 5.56 Å². The predicted octanol–water partition coefficient (Wildman–Crippen LogP) is 8.07. The Morgan fingerprint density at radius 3 is 2.63 bits per heavy atom. The summed E-state index contributed by atoms with van der Waals surface area (Å²) in [6.07, 6.45) is 15.6. The molecule has 0 bridgehead atoms. The van der Waals surface area contributed by atoms with Crippen molar-refractivity contribution in [1.29, 1.82) is 0 Å². The molecule has 9 atom stereocenters. The number of nitrogens with one attached hydrogen (secondary N) is 3. The number of rotatable bonds is 10. The van der Waals surface area contributed by atoms with E-state index in [0.29, 0.717) is 51.2 Å². The first kappa shape index (κ1) is 35.6. The molecule has 2 aromatic carbocycles. The number of aromatic amines is 1. The number of H-pyrrole nitrogens is 1. The molecular weight excluding hydrogens is 682 g/mol. The van der Waals surface area contributed by atoms with Crippen LogP contribution in [0.1, 0.15) is 120 Å². The van der Waals surface area contributed by atoms with E-state index in [1.165, 1.54) is 57.0 Å². The second-order valence-electron chi connectivity index (χ2n) is 17.6. The van der Waals surface area contributed by atoms with E-state index < -0.39 is 11.4 Å². The summed E-state index contributed by atoms with van der Waals surface area (Å²) in [6, 6.07) is 10.7. The van der Waals surface area contributed by atoms with Gasteiger partial charge in [0.2, 0.25) is 0 Å². The van der Waals surface area contributed by atoms with Crippen LogP contribution in [-0.4, -0.2) is 50.0 Å². The van der Waals surface area contributed by atoms with E-state index in [0.717, 1.165) is 80.7 Å². The molecule has 10 nitrogen and oxygen atoms in total. The number of ketones is 1. The maximum absolute atomic E-state index is 14.6. The van der Waals surface area contributed by atoms with E-state index in [1.807, 2.05) is 7.05 Å². The summed E-state index contributed by atoms with van der Waals surface area (Å²) in [5, 5.41) is 19.3. The predicted molar refractivity (Wildman–Crippen MR) is 207 cm³/mol. The molecule has 11 heteroatoms. The summed E-state index contributed by atoms with van der Waals surface area (Å²) in [4.78, 5) is 29.4. The number of benzene rings is 2. The lowest BCUT2D eigenvalue weighted by Gasteiger charge is -2.60. The number of fused-ring (bicyclic) bond motifs is 5. The van der Waals surface area contributed by atoms with Crippen molar-refractivity contribution in [2.45, 2.75) is 109 Å². The van der Waals surface area contributed by atoms with Gasteiger partial charge in [-0.15, -0.1) is 0 Å². The standard InChI is InChI=1S/C43H54FN7O3/c1-42-17-15-29(52)21-26(42)9-12-30-32-13-14-35(43(32,2)18-16-33(30)42)54-20-6-4-5-19-45-28-10-7-25(8-11-28)38-37(40-46-24-47-51(40)3)39-36-31(41(53)50-49-39)22-27(44)23-34(36)48-38/h7-8,10-11,22-24,26,30,32-33,35,37-38,45,48H,4-6,9,12-21H2,1-3H3,(H,50,53)/t26-,30-,32-,33-,35-,37?,38+,42-,43-/m0/s1. The number of nitrogens with zero attached hydrogens (tertiary/aromatic N) is 4. The van der Waals surface area contributed by atoms with Crippen molar-refractivity contribution in [3.63, 3.8) is 0 Å². The van der Waals surface area contributed by atoms with Crippen LogP contribution in [-0.2, 0) is 16.6 Å². The molecule has 3 N–H and O–H groups in total. The Hall–Kier alpha value is -4.12. The number of aromatic nitrogens is 5. The summed E-state index contributed by atoms with van der Waals surface area (Å²) >= 11 is 0. The zero-order valence-electron chi connectivity index (χ0n) is 31.9. The summed E-state index contributed by atoms with van der Waals surface area (Å²) < 4.78 is 23.1. The van der Waals surface area contributed by atoms with Crippen LogP contribution >= 0.6 is 0 Å². The van der Waals surface area contributed by atoms with Crippen molar-refractivity contribution in [2.24, 2.45) is 41.5 Å². The van der Waals surface area contributed by atoms with Crippen molar-refractivity contribution < 1.29 is 13.9 Å². The summed E-state index contributed by atoms with van der Waals surface area (Å²) in [6.45, 7) is 6.79. The van der Waals surface area contributed by atoms with Crippen LogP contribution < -0.4 is 16.2 Å². The van der Waals surface area contributed by atoms with Crippen LogP contribution in [0.4, 0.5) is 15.8 Å². The number of carbonyl (C=O) groups excluding carboxylic acids is 1. The fourth-order valence-corrected chi connectivity index (χ4v) is 12.1. The second kappa shape index (κ2) is 13.9. The van der Waals surface area contributed by atoms with E-state index in [-0.39, 0.29) is 17.3 Å². The van der Waals surface area contributed by atoms with Crippen LogP contribution in [0.25, 0.3) is 10.8 Å². The molecule has 4 aromatic rings. The van der Waals surface area contributed by atoms with Crippen molar-refractivity contribution in [1.82, 2.24) is 25.0 Å². The molecule has 1 aliphatic heterocycles. The first-order valence-electron chi connectivity index (χ1n) is 20.4. The topological polar surface area (TPSA) is 127 Å². The number of Topliss-reactive ketones (excluding diaryl/α,β-unsaturated/α-hetero) is 1. The molecule has 9 rings (SSSR count). The summed E-state index contributed by atoms with van der Waals surface area (Å²) in [5.41, 5.74) is 3.44. The van der Waals surface area contributed by atoms with E-state index in [4.69, 9.17) is 4.74 Å². The third-order valence-electron chi connectivity index (χ3n) is 15.0. The first-order chi connectivity index (χ1) is 26.1. The van der Waals surface area contributed by atoms with Crippen LogP contribution in [0.15, 0.2) is 47.5 Å². The molecule has 2 aromatic heterocycles. The van der Waals surface area contributed by atoms with E-state index in [1.54, 1.807) is 4.68 Å². The van der Waals surface area contributed by atoms with Gasteiger partial charge in [0.05, 0.1) is 29.1 Å². The Labute approximate surface area is 316 Å². The van der Waals surface area contributed by atoms with Gasteiger partial charge in [-0.1, -0.05) is 26.0 Å². The van der Waals surface area contributed by atoms with E-state index >= 15 is 0 Å². The smallest absolute Gasteiger partial charge is 0.272 e. The lowest BCUT2D eigenvalue weighted by atomic mass is 9.45. The highest BCUT2D eigenvalue weighted by Gasteiger charge is 2.60. The molecule has 0 spiro atoms. The average Bonchev–Trinajstić information content (AvgIpc) is 3.74. The van der Waals surface area contributed by atoms with Gasteiger partial charge in [0.15, 0.2) is 0 Å². The quantitative estimate of drug-likeness (QED) is 0.140. The molecule has 1 unspecified atom stereocenters. The third-order valence-corrected chi connectivity index (χ3v) is 15.0. The third kappa shape index (κ3) is 5.96. The van der Waals surface area contributed by atoms with Gasteiger partial charge in [-0.3, -0.25) is 14.3 Å². The first-order valence-corrected chi connectivity index (χ1v) is 20.4. The molecule has 0 amide bonds. The molecular formula is C43H54FN7O3. The van der Waals surface area contributed by atoms with Gasteiger partial charge in [0, 0.05) is 49.8 Å². The fourth-order valence-electron chi connectivity index (χ4n) is 12.1. The molecule has 0 radical (unpaired) electrons. The van der Waals surface area contributed by atoms with E-state index in [2.05, 4.69) is 69.0 Å². The molecule has 286 valence electrons. The van der Waals surface area contributed by atoms with Gasteiger partial charge in [-0.25, -0.2) is 14.5 Å². The van der Waals surface area contributed by atoms with Crippen molar-refractivity contribution in [3.8, 4) is 0 Å². The Morgan fingerprint density at radius 2 is 1.81 bits per heavy atom. The van der Waals surface area contributed by atoms with Crippen molar-refractivity contribution in [3.05, 3.63) is 76.0 Å². The van der Waals surface area contributed by atoms with Gasteiger partial charge in [0.1, 0.15) is 23.8 Å². The minimum absolute atomic E-state index is 0.259. The highest BCUT2D eigenvalue weighted by molar-refractivity contribution is 5.97. The summed E-state index contributed by atoms with van der Waals surface area (Å²) in [7, 11) is 1.84. The molecule has 0 saturated heterocycles. The highest BCUT2D eigenvalue weighted by Crippen LogP contribution is 2.66. The molecule has 4 saturated carbocycles. The fraction of sp³-hybridized carbons (Fsp3) is 0.605. The Balaban J connectivity index is 0.774. The SMILES string of the molecule is Cn1ncnc1C1c2n[nH]c(=O)c3cc(F)cc(c23)N[C@@H]1c1ccc(NCCCCCO[C@H]2CC[C@H]3[C@@H]4CC[C@H]5CC(=O)CC[C@]5(C)[C@H]4CC[C@]23C)cc1.